The lowest BCUT2D eigenvalue weighted by Crippen LogP contribution is -2.27. The normalized spacial score (nSPS) is 9.19. The van der Waals surface area contributed by atoms with E-state index >= 15 is 0 Å². The first-order chi connectivity index (χ1) is 10.1. The lowest BCUT2D eigenvalue weighted by molar-refractivity contribution is -0.142. The second kappa shape index (κ2) is 11.5. The summed E-state index contributed by atoms with van der Waals surface area (Å²) < 4.78 is 4.58. The van der Waals surface area contributed by atoms with E-state index in [0.29, 0.717) is 6.42 Å². The van der Waals surface area contributed by atoms with Crippen LogP contribution in [0.4, 0.5) is 0 Å². The Morgan fingerprint density at radius 1 is 1.24 bits per heavy atom. The third-order valence-electron chi connectivity index (χ3n) is 2.66. The van der Waals surface area contributed by atoms with Gasteiger partial charge in [-0.25, -0.2) is 4.79 Å². The van der Waals surface area contributed by atoms with Crippen LogP contribution in [0.5, 0.6) is 0 Å². The van der Waals surface area contributed by atoms with Crippen LogP contribution in [-0.2, 0) is 19.1 Å². The van der Waals surface area contributed by atoms with Gasteiger partial charge in [0.1, 0.15) is 5.78 Å². The van der Waals surface area contributed by atoms with E-state index in [1.165, 1.54) is 0 Å². The first-order valence-corrected chi connectivity index (χ1v) is 6.85. The van der Waals surface area contributed by atoms with Crippen molar-refractivity contribution >= 4 is 23.2 Å². The molecule has 6 heteroatoms. The average Bonchev–Trinajstić information content (AvgIpc) is 2.46. The molecule has 0 aromatic heterocycles. The minimum Gasteiger partial charge on any atom is -0.457 e. The minimum absolute atomic E-state index is 0.0224. The van der Waals surface area contributed by atoms with Crippen LogP contribution in [-0.4, -0.2) is 34.6 Å². The number of allylic oxidation sites excluding steroid dienone is 1. The summed E-state index contributed by atoms with van der Waals surface area (Å²) >= 11 is 0. The number of carbonyl (C=O) groups is 3. The molecule has 0 aliphatic rings. The number of esters is 1. The molecule has 0 atom stereocenters. The lowest BCUT2D eigenvalue weighted by atomic mass is 10.0. The molecule has 0 aliphatic carbocycles. The summed E-state index contributed by atoms with van der Waals surface area (Å²) in [7, 11) is 0. The second-order valence-electron chi connectivity index (χ2n) is 4.28. The molecule has 0 saturated carbocycles. The van der Waals surface area contributed by atoms with Crippen molar-refractivity contribution in [3.8, 4) is 0 Å². The van der Waals surface area contributed by atoms with Gasteiger partial charge in [-0.05, 0) is 32.3 Å². The molecular formula is C15H20N2O4. The van der Waals surface area contributed by atoms with E-state index in [9.17, 15) is 14.4 Å². The number of Topliss-reactive ketones (excluding diaryl/α,β-unsaturated/α-hetero) is 2. The molecule has 21 heavy (non-hydrogen) atoms. The first kappa shape index (κ1) is 18.7. The quantitative estimate of drug-likeness (QED) is 0.111. The topological polar surface area (TPSA) is 96.8 Å². The number of hydrogen-bond donors (Lipinski definition) is 0. The van der Waals surface area contributed by atoms with Gasteiger partial charge < -0.3 is 10.3 Å². The van der Waals surface area contributed by atoms with Crippen molar-refractivity contribution < 1.29 is 23.9 Å². The highest BCUT2D eigenvalue weighted by Gasteiger charge is 2.30. The molecule has 0 rings (SSSR count). The van der Waals surface area contributed by atoms with Crippen LogP contribution in [0.2, 0.25) is 0 Å². The number of unbranched alkanes of at least 4 members (excludes halogenated alkanes) is 2. The van der Waals surface area contributed by atoms with E-state index in [-0.39, 0.29) is 25.2 Å². The standard InChI is InChI=1S/C15H20N2O4/c1-3-5-6-7-8-9-12(18)10-11-13(19)14(17-16)15(20)21-4-2/h5H,1,4,6-11H2,2H3. The van der Waals surface area contributed by atoms with Gasteiger partial charge in [0.15, 0.2) is 0 Å². The molecule has 0 amide bonds. The van der Waals surface area contributed by atoms with Crippen molar-refractivity contribution in [1.82, 2.24) is 0 Å². The van der Waals surface area contributed by atoms with Gasteiger partial charge in [-0.15, -0.1) is 5.73 Å². The van der Waals surface area contributed by atoms with Crippen LogP contribution in [0.1, 0.15) is 45.4 Å². The Hall–Kier alpha value is -2.29. The molecule has 0 aromatic carbocycles. The number of rotatable bonds is 11. The van der Waals surface area contributed by atoms with E-state index < -0.39 is 17.5 Å². The summed E-state index contributed by atoms with van der Waals surface area (Å²) in [6.45, 7) is 5.08. The van der Waals surface area contributed by atoms with Crippen molar-refractivity contribution in [2.45, 2.75) is 45.4 Å². The highest BCUT2D eigenvalue weighted by molar-refractivity contribution is 6.62. The van der Waals surface area contributed by atoms with Crippen LogP contribution in [0.15, 0.2) is 18.4 Å². The summed E-state index contributed by atoms with van der Waals surface area (Å²) in [4.78, 5) is 37.2. The third kappa shape index (κ3) is 8.47. The van der Waals surface area contributed by atoms with Crippen LogP contribution >= 0.6 is 0 Å². The smallest absolute Gasteiger partial charge is 0.441 e. The molecule has 0 fully saturated rings. The van der Waals surface area contributed by atoms with Gasteiger partial charge >= 0.3 is 11.7 Å². The third-order valence-corrected chi connectivity index (χ3v) is 2.66. The van der Waals surface area contributed by atoms with Gasteiger partial charge in [0.05, 0.1) is 6.61 Å². The summed E-state index contributed by atoms with van der Waals surface area (Å²) in [5.41, 5.74) is 10.6. The van der Waals surface area contributed by atoms with Crippen molar-refractivity contribution in [3.05, 3.63) is 23.9 Å². The zero-order valence-electron chi connectivity index (χ0n) is 12.3. The number of nitrogens with zero attached hydrogens (tertiary/aromatic N) is 2. The van der Waals surface area contributed by atoms with Crippen molar-refractivity contribution in [1.29, 1.82) is 0 Å². The number of ether oxygens (including phenoxy) is 1. The average molecular weight is 292 g/mol. The predicted octanol–water partition coefficient (Wildman–Crippen LogP) is 2.04. The van der Waals surface area contributed by atoms with Gasteiger partial charge in [0, 0.05) is 19.3 Å². The Morgan fingerprint density at radius 2 is 1.95 bits per heavy atom. The maximum atomic E-state index is 11.6. The molecule has 6 nitrogen and oxygen atoms in total. The Morgan fingerprint density at radius 3 is 2.52 bits per heavy atom. The monoisotopic (exact) mass is 292 g/mol. The number of hydrogen-bond acceptors (Lipinski definition) is 4. The molecule has 0 bridgehead atoms. The molecule has 114 valence electrons. The zero-order chi connectivity index (χ0) is 16.1. The number of ketones is 2. The van der Waals surface area contributed by atoms with Gasteiger partial charge in [0.25, 0.3) is 5.78 Å². The first-order valence-electron chi connectivity index (χ1n) is 6.85. The number of carbonyl (C=O) groups excluding carboxylic acids is 3. The summed E-state index contributed by atoms with van der Waals surface area (Å²) in [5, 5.41) is 0. The summed E-state index contributed by atoms with van der Waals surface area (Å²) in [6, 6.07) is 0. The minimum atomic E-state index is -0.978. The van der Waals surface area contributed by atoms with E-state index in [2.05, 4.69) is 21.8 Å². The lowest BCUT2D eigenvalue weighted by Gasteiger charge is -1.99. The second-order valence-corrected chi connectivity index (χ2v) is 4.28. The highest BCUT2D eigenvalue weighted by Crippen LogP contribution is 2.05. The Labute approximate surface area is 124 Å². The molecular weight excluding hydrogens is 272 g/mol. The molecule has 0 saturated heterocycles. The fourth-order valence-electron chi connectivity index (χ4n) is 1.58. The van der Waals surface area contributed by atoms with Gasteiger partial charge in [-0.3, -0.25) is 9.59 Å². The Kier molecular flexibility index (Phi) is 10.3. The van der Waals surface area contributed by atoms with E-state index in [4.69, 9.17) is 5.53 Å². The Balaban J connectivity index is 4.11. The van der Waals surface area contributed by atoms with Gasteiger partial charge in [0.2, 0.25) is 0 Å². The van der Waals surface area contributed by atoms with Crippen LogP contribution < -0.4 is 0 Å². The van der Waals surface area contributed by atoms with Gasteiger partial charge in [-0.2, -0.15) is 4.79 Å². The molecule has 0 unspecified atom stereocenters. The highest BCUT2D eigenvalue weighted by atomic mass is 16.5. The SMILES string of the molecule is C=C=CCCCCC(=O)CCC(=O)C(=[N+]=[N-])C(=O)OCC. The van der Waals surface area contributed by atoms with E-state index in [1.807, 2.05) is 0 Å². The van der Waals surface area contributed by atoms with Crippen LogP contribution in [0.3, 0.4) is 0 Å². The van der Waals surface area contributed by atoms with Crippen LogP contribution in [0, 0.1) is 0 Å². The summed E-state index contributed by atoms with van der Waals surface area (Å²) in [6.07, 6.45) is 4.44. The van der Waals surface area contributed by atoms with E-state index in [0.717, 1.165) is 19.3 Å². The fraction of sp³-hybridized carbons (Fsp3) is 0.533. The zero-order valence-corrected chi connectivity index (χ0v) is 12.3. The molecule has 0 N–H and O–H groups in total. The van der Waals surface area contributed by atoms with Crippen molar-refractivity contribution in [2.75, 3.05) is 6.61 Å². The predicted molar refractivity (Wildman–Crippen MR) is 76.7 cm³/mol. The fourth-order valence-corrected chi connectivity index (χ4v) is 1.58. The summed E-state index contributed by atoms with van der Waals surface area (Å²) in [5.74, 6) is -1.74. The molecule has 0 heterocycles. The molecule has 0 aromatic rings. The van der Waals surface area contributed by atoms with E-state index in [1.54, 1.807) is 13.0 Å². The molecule has 0 aliphatic heterocycles. The van der Waals surface area contributed by atoms with Gasteiger partial charge in [-0.1, -0.05) is 6.58 Å². The van der Waals surface area contributed by atoms with Crippen LogP contribution in [0.25, 0.3) is 5.53 Å². The maximum absolute atomic E-state index is 11.6. The van der Waals surface area contributed by atoms with Crippen molar-refractivity contribution in [2.24, 2.45) is 0 Å². The maximum Gasteiger partial charge on any atom is 0.441 e. The van der Waals surface area contributed by atoms with Crippen molar-refractivity contribution in [3.63, 3.8) is 0 Å². The molecule has 0 spiro atoms. The Bertz CT molecular complexity index is 484. The largest absolute Gasteiger partial charge is 0.457 e. The molecule has 0 radical (unpaired) electrons.